The summed E-state index contributed by atoms with van der Waals surface area (Å²) in [5.74, 6) is -0.197. The lowest BCUT2D eigenvalue weighted by Gasteiger charge is -2.18. The van der Waals surface area contributed by atoms with Crippen molar-refractivity contribution in [1.82, 2.24) is 5.48 Å². The van der Waals surface area contributed by atoms with Gasteiger partial charge in [-0.2, -0.15) is 0 Å². The molecule has 0 aliphatic rings. The van der Waals surface area contributed by atoms with Crippen LogP contribution >= 0.6 is 11.3 Å². The highest BCUT2D eigenvalue weighted by molar-refractivity contribution is 7.17. The van der Waals surface area contributed by atoms with Crippen LogP contribution in [0.15, 0.2) is 29.6 Å². The SMILES string of the molecule is CC(C)(C)ONC(=O)c1csc2ccccc12. The summed E-state index contributed by atoms with van der Waals surface area (Å²) in [5.41, 5.74) is 2.76. The van der Waals surface area contributed by atoms with Gasteiger partial charge in [0.25, 0.3) is 5.91 Å². The molecule has 0 radical (unpaired) electrons. The average molecular weight is 249 g/mol. The Morgan fingerprint density at radius 3 is 2.71 bits per heavy atom. The van der Waals surface area contributed by atoms with E-state index in [1.54, 1.807) is 11.3 Å². The molecule has 17 heavy (non-hydrogen) atoms. The van der Waals surface area contributed by atoms with E-state index >= 15 is 0 Å². The van der Waals surface area contributed by atoms with Crippen LogP contribution in [0.25, 0.3) is 10.1 Å². The van der Waals surface area contributed by atoms with Crippen molar-refractivity contribution in [1.29, 1.82) is 0 Å². The number of hydrogen-bond donors (Lipinski definition) is 1. The first-order valence-corrected chi connectivity index (χ1v) is 6.30. The van der Waals surface area contributed by atoms with Crippen molar-refractivity contribution in [3.63, 3.8) is 0 Å². The fourth-order valence-electron chi connectivity index (χ4n) is 1.41. The minimum Gasteiger partial charge on any atom is -0.268 e. The maximum atomic E-state index is 11.9. The largest absolute Gasteiger partial charge is 0.276 e. The molecule has 0 atom stereocenters. The number of rotatable bonds is 2. The first kappa shape index (κ1) is 12.1. The van der Waals surface area contributed by atoms with E-state index in [-0.39, 0.29) is 11.5 Å². The number of carbonyl (C=O) groups excluding carboxylic acids is 1. The maximum absolute atomic E-state index is 11.9. The summed E-state index contributed by atoms with van der Waals surface area (Å²) < 4.78 is 1.11. The first-order chi connectivity index (χ1) is 7.97. The fraction of sp³-hybridized carbons (Fsp3) is 0.308. The molecule has 1 heterocycles. The molecule has 0 bridgehead atoms. The molecule has 1 N–H and O–H groups in total. The minimum absolute atomic E-state index is 0.197. The zero-order valence-electron chi connectivity index (χ0n) is 10.1. The van der Waals surface area contributed by atoms with E-state index in [0.29, 0.717) is 5.56 Å². The van der Waals surface area contributed by atoms with Gasteiger partial charge in [0, 0.05) is 15.5 Å². The molecular formula is C13H15NO2S. The van der Waals surface area contributed by atoms with Gasteiger partial charge in [0.05, 0.1) is 11.2 Å². The van der Waals surface area contributed by atoms with Crippen molar-refractivity contribution >= 4 is 27.3 Å². The summed E-state index contributed by atoms with van der Waals surface area (Å²) >= 11 is 1.56. The van der Waals surface area contributed by atoms with Crippen LogP contribution in [-0.2, 0) is 4.84 Å². The summed E-state index contributed by atoms with van der Waals surface area (Å²) in [6.07, 6.45) is 0. The Morgan fingerprint density at radius 2 is 2.00 bits per heavy atom. The van der Waals surface area contributed by atoms with Crippen molar-refractivity contribution < 1.29 is 9.63 Å². The van der Waals surface area contributed by atoms with Crippen LogP contribution in [0.4, 0.5) is 0 Å². The minimum atomic E-state index is -0.387. The van der Waals surface area contributed by atoms with Gasteiger partial charge in [-0.1, -0.05) is 18.2 Å². The number of carbonyl (C=O) groups is 1. The number of fused-ring (bicyclic) bond motifs is 1. The van der Waals surface area contributed by atoms with Crippen molar-refractivity contribution in [3.8, 4) is 0 Å². The highest BCUT2D eigenvalue weighted by Crippen LogP contribution is 2.25. The zero-order valence-corrected chi connectivity index (χ0v) is 10.9. The Bertz CT molecular complexity index is 540. The van der Waals surface area contributed by atoms with Crippen LogP contribution in [-0.4, -0.2) is 11.5 Å². The third kappa shape index (κ3) is 2.84. The van der Waals surface area contributed by atoms with Crippen LogP contribution in [0.2, 0.25) is 0 Å². The Kier molecular flexibility index (Phi) is 3.17. The fourth-order valence-corrected chi connectivity index (χ4v) is 2.35. The lowest BCUT2D eigenvalue weighted by molar-refractivity contribution is -0.0588. The molecule has 2 aromatic rings. The maximum Gasteiger partial charge on any atom is 0.276 e. The number of benzene rings is 1. The van der Waals surface area contributed by atoms with Crippen LogP contribution < -0.4 is 5.48 Å². The van der Waals surface area contributed by atoms with Crippen LogP contribution in [0.5, 0.6) is 0 Å². The van der Waals surface area contributed by atoms with E-state index < -0.39 is 0 Å². The summed E-state index contributed by atoms with van der Waals surface area (Å²) in [7, 11) is 0. The number of thiophene rings is 1. The van der Waals surface area contributed by atoms with Crippen molar-refractivity contribution in [2.75, 3.05) is 0 Å². The van der Waals surface area contributed by atoms with Gasteiger partial charge in [-0.15, -0.1) is 11.3 Å². The number of hydroxylamine groups is 1. The standard InChI is InChI=1S/C13H15NO2S/c1-13(2,3)16-14-12(15)10-8-17-11-7-5-4-6-9(10)11/h4-8H,1-3H3,(H,14,15). The molecule has 0 unspecified atom stereocenters. The van der Waals surface area contributed by atoms with Gasteiger partial charge in [0.1, 0.15) is 0 Å². The third-order valence-corrected chi connectivity index (χ3v) is 3.14. The van der Waals surface area contributed by atoms with Gasteiger partial charge >= 0.3 is 0 Å². The predicted octanol–water partition coefficient (Wildman–Crippen LogP) is 3.36. The second-order valence-corrected chi connectivity index (χ2v) is 5.70. The van der Waals surface area contributed by atoms with Crippen molar-refractivity contribution in [2.24, 2.45) is 0 Å². The molecule has 0 saturated carbocycles. The third-order valence-electron chi connectivity index (χ3n) is 2.18. The van der Waals surface area contributed by atoms with E-state index in [9.17, 15) is 4.79 Å². The van der Waals surface area contributed by atoms with Gasteiger partial charge in [-0.05, 0) is 26.8 Å². The Hall–Kier alpha value is -1.39. The Balaban J connectivity index is 2.20. The topological polar surface area (TPSA) is 38.3 Å². The summed E-state index contributed by atoms with van der Waals surface area (Å²) in [6.45, 7) is 5.66. The Labute approximate surface area is 104 Å². The molecule has 3 nitrogen and oxygen atoms in total. The molecule has 0 aliphatic heterocycles. The number of amides is 1. The van der Waals surface area contributed by atoms with E-state index in [1.807, 2.05) is 50.4 Å². The molecule has 1 amide bonds. The van der Waals surface area contributed by atoms with E-state index in [0.717, 1.165) is 10.1 Å². The van der Waals surface area contributed by atoms with Gasteiger partial charge in [0.15, 0.2) is 0 Å². The highest BCUT2D eigenvalue weighted by atomic mass is 32.1. The van der Waals surface area contributed by atoms with Gasteiger partial charge in [0.2, 0.25) is 0 Å². The highest BCUT2D eigenvalue weighted by Gasteiger charge is 2.16. The first-order valence-electron chi connectivity index (χ1n) is 5.42. The van der Waals surface area contributed by atoms with E-state index in [2.05, 4.69) is 5.48 Å². The summed E-state index contributed by atoms with van der Waals surface area (Å²) in [5, 5.41) is 2.82. The van der Waals surface area contributed by atoms with Gasteiger partial charge in [-0.25, -0.2) is 5.48 Å². The lowest BCUT2D eigenvalue weighted by atomic mass is 10.2. The molecular weight excluding hydrogens is 234 g/mol. The van der Waals surface area contributed by atoms with Crippen LogP contribution in [0.1, 0.15) is 31.1 Å². The smallest absolute Gasteiger partial charge is 0.268 e. The van der Waals surface area contributed by atoms with Crippen molar-refractivity contribution in [2.45, 2.75) is 26.4 Å². The molecule has 0 aliphatic carbocycles. The van der Waals surface area contributed by atoms with Crippen molar-refractivity contribution in [3.05, 3.63) is 35.2 Å². The Morgan fingerprint density at radius 1 is 1.29 bits per heavy atom. The number of hydrogen-bond acceptors (Lipinski definition) is 3. The summed E-state index contributed by atoms with van der Waals surface area (Å²) in [6, 6.07) is 7.84. The van der Waals surface area contributed by atoms with Crippen LogP contribution in [0, 0.1) is 0 Å². The lowest BCUT2D eigenvalue weighted by Crippen LogP contribution is -2.33. The molecule has 0 spiro atoms. The molecule has 2 rings (SSSR count). The summed E-state index contributed by atoms with van der Waals surface area (Å²) in [4.78, 5) is 17.2. The molecule has 4 heteroatoms. The normalized spacial score (nSPS) is 11.7. The van der Waals surface area contributed by atoms with Crippen LogP contribution in [0.3, 0.4) is 0 Å². The van der Waals surface area contributed by atoms with E-state index in [1.165, 1.54) is 0 Å². The monoisotopic (exact) mass is 249 g/mol. The zero-order chi connectivity index (χ0) is 12.5. The average Bonchev–Trinajstić information content (AvgIpc) is 2.68. The second-order valence-electron chi connectivity index (χ2n) is 4.79. The quantitative estimate of drug-likeness (QED) is 0.829. The molecule has 1 aromatic carbocycles. The molecule has 1 aromatic heterocycles. The second kappa shape index (κ2) is 4.47. The van der Waals surface area contributed by atoms with Gasteiger partial charge in [-0.3, -0.25) is 9.63 Å². The molecule has 90 valence electrons. The van der Waals surface area contributed by atoms with E-state index in [4.69, 9.17) is 4.84 Å². The molecule has 0 saturated heterocycles. The number of nitrogens with one attached hydrogen (secondary N) is 1. The van der Waals surface area contributed by atoms with Gasteiger partial charge < -0.3 is 0 Å². The predicted molar refractivity (Wildman–Crippen MR) is 70.1 cm³/mol. The molecule has 0 fully saturated rings.